The molecule has 0 aliphatic rings. The number of carbonyl (C=O) groups is 1. The van der Waals surface area contributed by atoms with Crippen molar-refractivity contribution < 1.29 is 9.53 Å². The molecule has 16 heavy (non-hydrogen) atoms. The topological polar surface area (TPSA) is 52.3 Å². The van der Waals surface area contributed by atoms with Gasteiger partial charge in [-0.15, -0.1) is 0 Å². The van der Waals surface area contributed by atoms with E-state index < -0.39 is 0 Å². The smallest absolute Gasteiger partial charge is 0.217 e. The van der Waals surface area contributed by atoms with Crippen LogP contribution in [0.1, 0.15) is 26.2 Å². The molecule has 0 rings (SSSR count). The Morgan fingerprint density at radius 1 is 1.31 bits per heavy atom. The number of hydrogen-bond donors (Lipinski definition) is 1. The van der Waals surface area contributed by atoms with Crippen molar-refractivity contribution in [2.24, 2.45) is 5.73 Å². The lowest BCUT2D eigenvalue weighted by Crippen LogP contribution is -2.10. The molecule has 0 aliphatic carbocycles. The number of allylic oxidation sites excluding steroid dienone is 2. The molecule has 1 amide bonds. The number of amides is 1. The molecule has 0 unspecified atom stereocenters. The van der Waals surface area contributed by atoms with Crippen molar-refractivity contribution in [1.29, 1.82) is 0 Å². The van der Waals surface area contributed by atoms with E-state index in [1.807, 2.05) is 19.1 Å². The van der Waals surface area contributed by atoms with Crippen LogP contribution in [0.15, 0.2) is 36.5 Å². The molecule has 0 aromatic heterocycles. The first-order chi connectivity index (χ1) is 7.52. The number of rotatable bonds is 9. The second-order valence-corrected chi connectivity index (χ2v) is 3.81. The van der Waals surface area contributed by atoms with E-state index in [0.717, 1.165) is 24.0 Å². The monoisotopic (exact) mass is 223 g/mol. The molecular weight excluding hydrogens is 202 g/mol. The van der Waals surface area contributed by atoms with Gasteiger partial charge in [0.05, 0.1) is 6.61 Å². The normalized spacial score (nSPS) is 10.6. The standard InChI is InChI=1S/C13H21NO2/c1-11(2)7-8-12(3)10-16-9-5-4-6-13(14)15/h7-8H,1,3-6,9-10H2,2H3,(H2,14,15)/b8-7-. The third-order valence-electron chi connectivity index (χ3n) is 1.85. The molecule has 0 radical (unpaired) electrons. The Bertz CT molecular complexity index is 280. The first-order valence-electron chi connectivity index (χ1n) is 5.40. The molecule has 2 N–H and O–H groups in total. The van der Waals surface area contributed by atoms with Crippen molar-refractivity contribution in [1.82, 2.24) is 0 Å². The minimum Gasteiger partial charge on any atom is -0.377 e. The molecule has 0 heterocycles. The molecule has 0 aromatic rings. The maximum Gasteiger partial charge on any atom is 0.217 e. The van der Waals surface area contributed by atoms with Gasteiger partial charge in [0.2, 0.25) is 5.91 Å². The summed E-state index contributed by atoms with van der Waals surface area (Å²) in [4.78, 5) is 10.4. The van der Waals surface area contributed by atoms with Gasteiger partial charge in [-0.1, -0.05) is 30.9 Å². The van der Waals surface area contributed by atoms with E-state index in [9.17, 15) is 4.79 Å². The Balaban J connectivity index is 3.41. The lowest BCUT2D eigenvalue weighted by atomic mass is 10.2. The van der Waals surface area contributed by atoms with E-state index in [1.54, 1.807) is 0 Å². The summed E-state index contributed by atoms with van der Waals surface area (Å²) in [5.41, 5.74) is 6.92. The highest BCUT2D eigenvalue weighted by Crippen LogP contribution is 2.00. The van der Waals surface area contributed by atoms with Crippen molar-refractivity contribution in [3.63, 3.8) is 0 Å². The molecule has 0 saturated heterocycles. The fourth-order valence-electron chi connectivity index (χ4n) is 1.01. The third-order valence-corrected chi connectivity index (χ3v) is 1.85. The van der Waals surface area contributed by atoms with E-state index in [1.165, 1.54) is 0 Å². The van der Waals surface area contributed by atoms with Crippen LogP contribution in [0.2, 0.25) is 0 Å². The molecule has 0 spiro atoms. The van der Waals surface area contributed by atoms with Crippen LogP contribution in [0.25, 0.3) is 0 Å². The summed E-state index contributed by atoms with van der Waals surface area (Å²) >= 11 is 0. The molecule has 3 nitrogen and oxygen atoms in total. The second-order valence-electron chi connectivity index (χ2n) is 3.81. The minimum atomic E-state index is -0.256. The SMILES string of the molecule is C=C(C)/C=C\C(=C)COCCCCC(N)=O. The Hall–Kier alpha value is -1.35. The van der Waals surface area contributed by atoms with Gasteiger partial charge in [-0.2, -0.15) is 0 Å². The van der Waals surface area contributed by atoms with Gasteiger partial charge in [0, 0.05) is 13.0 Å². The van der Waals surface area contributed by atoms with Crippen LogP contribution in [0, 0.1) is 0 Å². The minimum absolute atomic E-state index is 0.256. The van der Waals surface area contributed by atoms with Gasteiger partial charge in [-0.3, -0.25) is 4.79 Å². The molecule has 0 bridgehead atoms. The van der Waals surface area contributed by atoms with Gasteiger partial charge >= 0.3 is 0 Å². The van der Waals surface area contributed by atoms with Crippen LogP contribution >= 0.6 is 0 Å². The lowest BCUT2D eigenvalue weighted by Gasteiger charge is -2.03. The van der Waals surface area contributed by atoms with Crippen LogP contribution in [0.4, 0.5) is 0 Å². The van der Waals surface area contributed by atoms with Crippen molar-refractivity contribution in [2.75, 3.05) is 13.2 Å². The first kappa shape index (κ1) is 14.6. The lowest BCUT2D eigenvalue weighted by molar-refractivity contribution is -0.118. The van der Waals surface area contributed by atoms with E-state index in [-0.39, 0.29) is 5.91 Å². The summed E-state index contributed by atoms with van der Waals surface area (Å²) in [7, 11) is 0. The van der Waals surface area contributed by atoms with Crippen molar-refractivity contribution in [2.45, 2.75) is 26.2 Å². The zero-order valence-corrected chi connectivity index (χ0v) is 10.00. The highest BCUT2D eigenvalue weighted by atomic mass is 16.5. The van der Waals surface area contributed by atoms with Crippen molar-refractivity contribution in [3.8, 4) is 0 Å². The zero-order chi connectivity index (χ0) is 12.4. The van der Waals surface area contributed by atoms with Crippen LogP contribution in [0.5, 0.6) is 0 Å². The molecular formula is C13H21NO2. The summed E-state index contributed by atoms with van der Waals surface area (Å²) < 4.78 is 5.38. The molecule has 3 heteroatoms. The fourth-order valence-corrected chi connectivity index (χ4v) is 1.01. The van der Waals surface area contributed by atoms with Gasteiger partial charge < -0.3 is 10.5 Å². The molecule has 0 fully saturated rings. The van der Waals surface area contributed by atoms with E-state index in [2.05, 4.69) is 13.2 Å². The highest BCUT2D eigenvalue weighted by molar-refractivity contribution is 5.73. The second kappa shape index (κ2) is 8.92. The largest absolute Gasteiger partial charge is 0.377 e. The summed E-state index contributed by atoms with van der Waals surface area (Å²) in [6, 6.07) is 0. The number of primary amides is 1. The van der Waals surface area contributed by atoms with E-state index >= 15 is 0 Å². The highest BCUT2D eigenvalue weighted by Gasteiger charge is 1.95. The summed E-state index contributed by atoms with van der Waals surface area (Å²) in [5.74, 6) is -0.256. The summed E-state index contributed by atoms with van der Waals surface area (Å²) in [6.45, 7) is 10.7. The van der Waals surface area contributed by atoms with Gasteiger partial charge in [0.25, 0.3) is 0 Å². The zero-order valence-electron chi connectivity index (χ0n) is 10.00. The maximum atomic E-state index is 10.4. The van der Waals surface area contributed by atoms with Gasteiger partial charge in [0.1, 0.15) is 0 Å². The Kier molecular flexibility index (Phi) is 8.17. The molecule has 0 atom stereocenters. The van der Waals surface area contributed by atoms with Crippen LogP contribution in [-0.4, -0.2) is 19.1 Å². The molecule has 0 aliphatic heterocycles. The molecule has 0 aromatic carbocycles. The Morgan fingerprint density at radius 3 is 2.56 bits per heavy atom. The van der Waals surface area contributed by atoms with Crippen LogP contribution < -0.4 is 5.73 Å². The van der Waals surface area contributed by atoms with Gasteiger partial charge in [-0.05, 0) is 25.3 Å². The van der Waals surface area contributed by atoms with E-state index in [0.29, 0.717) is 19.6 Å². The molecule has 0 saturated carbocycles. The quantitative estimate of drug-likeness (QED) is 0.482. The Morgan fingerprint density at radius 2 is 2.00 bits per heavy atom. The van der Waals surface area contributed by atoms with Crippen LogP contribution in [0.3, 0.4) is 0 Å². The van der Waals surface area contributed by atoms with Gasteiger partial charge in [0.15, 0.2) is 0 Å². The predicted octanol–water partition coefficient (Wildman–Crippen LogP) is 2.35. The predicted molar refractivity (Wildman–Crippen MR) is 67.0 cm³/mol. The number of nitrogens with two attached hydrogens (primary N) is 1. The average Bonchev–Trinajstić information content (AvgIpc) is 2.19. The fraction of sp³-hybridized carbons (Fsp3) is 0.462. The summed E-state index contributed by atoms with van der Waals surface area (Å²) in [5, 5.41) is 0. The average molecular weight is 223 g/mol. The number of ether oxygens (including phenoxy) is 1. The van der Waals surface area contributed by atoms with Gasteiger partial charge in [-0.25, -0.2) is 0 Å². The van der Waals surface area contributed by atoms with Crippen molar-refractivity contribution >= 4 is 5.91 Å². The van der Waals surface area contributed by atoms with Crippen LogP contribution in [-0.2, 0) is 9.53 Å². The maximum absolute atomic E-state index is 10.4. The first-order valence-corrected chi connectivity index (χ1v) is 5.40. The molecule has 90 valence electrons. The number of unbranched alkanes of at least 4 members (excludes halogenated alkanes) is 1. The van der Waals surface area contributed by atoms with E-state index in [4.69, 9.17) is 10.5 Å². The number of hydrogen-bond acceptors (Lipinski definition) is 2. The number of carbonyl (C=O) groups excluding carboxylic acids is 1. The van der Waals surface area contributed by atoms with Crippen molar-refractivity contribution in [3.05, 3.63) is 36.5 Å². The summed E-state index contributed by atoms with van der Waals surface area (Å²) in [6.07, 6.45) is 5.86. The third kappa shape index (κ3) is 10.7. The Labute approximate surface area is 97.7 Å².